The minimum absolute atomic E-state index is 0.208. The molecule has 0 aliphatic heterocycles. The highest BCUT2D eigenvalue weighted by atomic mass is 32.2. The van der Waals surface area contributed by atoms with Gasteiger partial charge in [-0.25, -0.2) is 8.42 Å². The largest absolute Gasteiger partial charge is 0.340 e. The molecule has 4 rings (SSSR count). The molecule has 6 nitrogen and oxygen atoms in total. The molecule has 1 amide bonds. The van der Waals surface area contributed by atoms with Crippen LogP contribution in [0.5, 0.6) is 0 Å². The molecule has 1 N–H and O–H groups in total. The number of aryl methyl sites for hydroxylation is 1. The summed E-state index contributed by atoms with van der Waals surface area (Å²) >= 11 is 0. The van der Waals surface area contributed by atoms with E-state index in [9.17, 15) is 13.2 Å². The van der Waals surface area contributed by atoms with E-state index < -0.39 is 9.84 Å². The van der Waals surface area contributed by atoms with Gasteiger partial charge in [-0.3, -0.25) is 9.78 Å². The number of nitrogens with one attached hydrogen (secondary N) is 1. The maximum absolute atomic E-state index is 13.2. The minimum atomic E-state index is -3.30. The third-order valence-electron chi connectivity index (χ3n) is 5.58. The molecule has 33 heavy (non-hydrogen) atoms. The Morgan fingerprint density at radius 2 is 1.67 bits per heavy atom. The zero-order valence-corrected chi connectivity index (χ0v) is 19.6. The van der Waals surface area contributed by atoms with Gasteiger partial charge in [0.2, 0.25) is 0 Å². The lowest BCUT2D eigenvalue weighted by atomic mass is 10.0. The number of aromatic nitrogens is 2. The molecule has 0 aliphatic rings. The van der Waals surface area contributed by atoms with Crippen LogP contribution in [0, 0.1) is 13.8 Å². The van der Waals surface area contributed by atoms with Gasteiger partial charge in [0.1, 0.15) is 0 Å². The fourth-order valence-corrected chi connectivity index (χ4v) is 4.49. The van der Waals surface area contributed by atoms with Crippen molar-refractivity contribution in [3.05, 3.63) is 102 Å². The standard InChI is InChI=1S/C26H25N3O3S/c1-18-8-4-5-10-23(18)25-19(2)24(17-29(25)16-21-9-6-7-15-27-21)26(30)28-20-11-13-22(14-12-20)33(3,31)32/h4-15,17H,16H2,1-3H3,(H,28,30). The fourth-order valence-electron chi connectivity index (χ4n) is 3.86. The Labute approximate surface area is 193 Å². The van der Waals surface area contributed by atoms with Crippen LogP contribution in [0.3, 0.4) is 0 Å². The van der Waals surface area contributed by atoms with Gasteiger partial charge >= 0.3 is 0 Å². The van der Waals surface area contributed by atoms with Crippen molar-refractivity contribution >= 4 is 21.4 Å². The second kappa shape index (κ2) is 9.03. The smallest absolute Gasteiger partial charge is 0.257 e. The van der Waals surface area contributed by atoms with Gasteiger partial charge in [0.15, 0.2) is 9.84 Å². The number of rotatable bonds is 6. The third-order valence-corrected chi connectivity index (χ3v) is 6.70. The van der Waals surface area contributed by atoms with Crippen molar-refractivity contribution in [2.45, 2.75) is 25.3 Å². The van der Waals surface area contributed by atoms with Gasteiger partial charge in [0, 0.05) is 29.9 Å². The molecule has 168 valence electrons. The van der Waals surface area contributed by atoms with E-state index in [1.165, 1.54) is 12.1 Å². The minimum Gasteiger partial charge on any atom is -0.340 e. The van der Waals surface area contributed by atoms with Crippen molar-refractivity contribution in [3.8, 4) is 11.3 Å². The molecular weight excluding hydrogens is 434 g/mol. The van der Waals surface area contributed by atoms with E-state index in [-0.39, 0.29) is 10.8 Å². The maximum Gasteiger partial charge on any atom is 0.257 e. The predicted octanol–water partition coefficient (Wildman–Crippen LogP) is 4.87. The van der Waals surface area contributed by atoms with E-state index >= 15 is 0 Å². The van der Waals surface area contributed by atoms with Crippen LogP contribution >= 0.6 is 0 Å². The quantitative estimate of drug-likeness (QED) is 0.446. The lowest BCUT2D eigenvalue weighted by molar-refractivity contribution is 0.102. The zero-order valence-electron chi connectivity index (χ0n) is 18.7. The molecule has 2 aromatic carbocycles. The van der Waals surface area contributed by atoms with Crippen LogP contribution in [0.2, 0.25) is 0 Å². The molecule has 0 atom stereocenters. The summed E-state index contributed by atoms with van der Waals surface area (Å²) in [7, 11) is -3.30. The number of nitrogens with zero attached hydrogens (tertiary/aromatic N) is 2. The molecule has 0 saturated heterocycles. The van der Waals surface area contributed by atoms with Crippen LogP contribution in [0.1, 0.15) is 27.2 Å². The van der Waals surface area contributed by atoms with Crippen LogP contribution in [-0.2, 0) is 16.4 Å². The van der Waals surface area contributed by atoms with Crippen LogP contribution in [0.25, 0.3) is 11.3 Å². The normalized spacial score (nSPS) is 11.4. The number of amides is 1. The highest BCUT2D eigenvalue weighted by molar-refractivity contribution is 7.90. The number of hydrogen-bond donors (Lipinski definition) is 1. The summed E-state index contributed by atoms with van der Waals surface area (Å²) in [5.41, 5.74) is 5.98. The van der Waals surface area contributed by atoms with E-state index in [4.69, 9.17) is 0 Å². The molecule has 2 aromatic heterocycles. The Kier molecular flexibility index (Phi) is 6.16. The Bertz CT molecular complexity index is 1410. The number of carbonyl (C=O) groups excluding carboxylic acids is 1. The first-order chi connectivity index (χ1) is 15.7. The van der Waals surface area contributed by atoms with Gasteiger partial charge in [-0.05, 0) is 61.4 Å². The predicted molar refractivity (Wildman–Crippen MR) is 130 cm³/mol. The van der Waals surface area contributed by atoms with Crippen LogP contribution < -0.4 is 5.32 Å². The summed E-state index contributed by atoms with van der Waals surface area (Å²) in [6, 6.07) is 20.0. The van der Waals surface area contributed by atoms with E-state index in [0.717, 1.165) is 34.3 Å². The summed E-state index contributed by atoms with van der Waals surface area (Å²) in [4.78, 5) is 17.8. The highest BCUT2D eigenvalue weighted by Gasteiger charge is 2.21. The Morgan fingerprint density at radius 1 is 0.970 bits per heavy atom. The van der Waals surface area contributed by atoms with E-state index in [2.05, 4.69) is 33.9 Å². The number of hydrogen-bond acceptors (Lipinski definition) is 4. The van der Waals surface area contributed by atoms with Gasteiger partial charge in [-0.1, -0.05) is 30.3 Å². The first-order valence-corrected chi connectivity index (χ1v) is 12.4. The summed E-state index contributed by atoms with van der Waals surface area (Å²) in [5.74, 6) is -0.255. The number of sulfone groups is 1. The van der Waals surface area contributed by atoms with Crippen molar-refractivity contribution < 1.29 is 13.2 Å². The lowest BCUT2D eigenvalue weighted by Crippen LogP contribution is -2.12. The van der Waals surface area contributed by atoms with Gasteiger partial charge < -0.3 is 9.88 Å². The molecule has 2 heterocycles. The molecule has 0 saturated carbocycles. The van der Waals surface area contributed by atoms with Crippen LogP contribution in [0.15, 0.2) is 84.0 Å². The molecule has 0 aliphatic carbocycles. The topological polar surface area (TPSA) is 81.1 Å². The summed E-state index contributed by atoms with van der Waals surface area (Å²) in [6.45, 7) is 4.52. The SMILES string of the molecule is Cc1ccccc1-c1c(C)c(C(=O)Nc2ccc(S(C)(=O)=O)cc2)cn1Cc1ccccn1. The molecule has 0 unspecified atom stereocenters. The zero-order chi connectivity index (χ0) is 23.6. The monoisotopic (exact) mass is 459 g/mol. The van der Waals surface area contributed by atoms with Gasteiger partial charge in [0.05, 0.1) is 28.4 Å². The molecule has 7 heteroatoms. The number of carbonyl (C=O) groups is 1. The molecule has 0 spiro atoms. The van der Waals surface area contributed by atoms with Crippen LogP contribution in [-0.4, -0.2) is 30.1 Å². The van der Waals surface area contributed by atoms with Crippen molar-refractivity contribution in [2.24, 2.45) is 0 Å². The average molecular weight is 460 g/mol. The molecular formula is C26H25N3O3S. The van der Waals surface area contributed by atoms with E-state index in [1.807, 2.05) is 43.5 Å². The van der Waals surface area contributed by atoms with Gasteiger partial charge in [0.25, 0.3) is 5.91 Å². The number of pyridine rings is 1. The molecule has 0 radical (unpaired) electrons. The average Bonchev–Trinajstić information content (AvgIpc) is 3.10. The van der Waals surface area contributed by atoms with Crippen molar-refractivity contribution in [3.63, 3.8) is 0 Å². The highest BCUT2D eigenvalue weighted by Crippen LogP contribution is 2.31. The van der Waals surface area contributed by atoms with Crippen molar-refractivity contribution in [2.75, 3.05) is 11.6 Å². The van der Waals surface area contributed by atoms with Crippen molar-refractivity contribution in [1.29, 1.82) is 0 Å². The Balaban J connectivity index is 1.72. The first kappa shape index (κ1) is 22.5. The molecule has 0 bridgehead atoms. The van der Waals surface area contributed by atoms with E-state index in [0.29, 0.717) is 17.8 Å². The first-order valence-electron chi connectivity index (χ1n) is 10.5. The summed E-state index contributed by atoms with van der Waals surface area (Å²) in [5, 5.41) is 2.89. The number of benzene rings is 2. The van der Waals surface area contributed by atoms with E-state index in [1.54, 1.807) is 18.3 Å². The Hall–Kier alpha value is -3.71. The Morgan fingerprint density at radius 3 is 2.30 bits per heavy atom. The second-order valence-corrected chi connectivity index (χ2v) is 10.0. The lowest BCUT2D eigenvalue weighted by Gasteiger charge is -2.12. The second-order valence-electron chi connectivity index (χ2n) is 8.03. The van der Waals surface area contributed by atoms with Crippen molar-refractivity contribution in [1.82, 2.24) is 9.55 Å². The fraction of sp³-hybridized carbons (Fsp3) is 0.154. The van der Waals surface area contributed by atoms with Crippen LogP contribution in [0.4, 0.5) is 5.69 Å². The van der Waals surface area contributed by atoms with Gasteiger partial charge in [-0.15, -0.1) is 0 Å². The maximum atomic E-state index is 13.2. The van der Waals surface area contributed by atoms with Gasteiger partial charge in [-0.2, -0.15) is 0 Å². The molecule has 4 aromatic rings. The molecule has 0 fully saturated rings. The summed E-state index contributed by atoms with van der Waals surface area (Å²) < 4.78 is 25.4. The number of anilines is 1. The summed E-state index contributed by atoms with van der Waals surface area (Å²) in [6.07, 6.45) is 4.76. The third kappa shape index (κ3) is 4.88.